The van der Waals surface area contributed by atoms with Crippen LogP contribution in [-0.4, -0.2) is 21.1 Å². The van der Waals surface area contributed by atoms with Crippen LogP contribution in [0.2, 0.25) is 0 Å². The molecule has 0 radical (unpaired) electrons. The predicted octanol–water partition coefficient (Wildman–Crippen LogP) is -0.530. The van der Waals surface area contributed by atoms with E-state index in [1.54, 1.807) is 0 Å². The van der Waals surface area contributed by atoms with Gasteiger partial charge in [-0.3, -0.25) is 0 Å². The van der Waals surface area contributed by atoms with Gasteiger partial charge in [0.05, 0.1) is 0 Å². The van der Waals surface area contributed by atoms with E-state index in [9.17, 15) is 0 Å². The Bertz CT molecular complexity index is 28.7. The summed E-state index contributed by atoms with van der Waals surface area (Å²) in [5.41, 5.74) is 0.0370. The van der Waals surface area contributed by atoms with Crippen LogP contribution in [0, 0.1) is 0 Å². The molecule has 0 aliphatic heterocycles. The summed E-state index contributed by atoms with van der Waals surface area (Å²) >= 11 is 0. The van der Waals surface area contributed by atoms with E-state index in [0.29, 0.717) is 0 Å². The molecule has 0 spiro atoms. The Kier molecular flexibility index (Phi) is 3.47. The maximum Gasteiger partial charge on any atom is 0.0389 e. The summed E-state index contributed by atoms with van der Waals surface area (Å²) in [6, 6.07) is 0. The third kappa shape index (κ3) is 4.18. The molecule has 0 amide bonds. The minimum absolute atomic E-state index is 0.0370. The van der Waals surface area contributed by atoms with Crippen LogP contribution < -0.4 is 0 Å². The zero-order valence-corrected chi connectivity index (χ0v) is 6.44. The van der Waals surface area contributed by atoms with E-state index in [-0.39, 0.29) is 5.73 Å². The summed E-state index contributed by atoms with van der Waals surface area (Å²) < 4.78 is 0. The maximum absolute atomic E-state index is 8.61. The van der Waals surface area contributed by atoms with E-state index in [1.807, 2.05) is 0 Å². The van der Waals surface area contributed by atoms with Crippen molar-refractivity contribution in [1.82, 2.24) is 0 Å². The Morgan fingerprint density at radius 3 is 2.33 bits per heavy atom. The van der Waals surface area contributed by atoms with Crippen molar-refractivity contribution in [2.45, 2.75) is 25.5 Å². The summed E-state index contributed by atoms with van der Waals surface area (Å²) in [6.45, 7) is 2.08. The Morgan fingerprint density at radius 1 is 1.83 bits per heavy atom. The molecule has 0 saturated heterocycles. The molecule has 0 aliphatic rings. The van der Waals surface area contributed by atoms with Gasteiger partial charge in [-0.2, -0.15) is 0 Å². The summed E-state index contributed by atoms with van der Waals surface area (Å²) in [7, 11) is 0.934. The van der Waals surface area contributed by atoms with Gasteiger partial charge in [0.1, 0.15) is 0 Å². The first-order valence-corrected chi connectivity index (χ1v) is 3.61. The lowest BCUT2D eigenvalue weighted by molar-refractivity contribution is 0.244. The molecule has 6 heavy (non-hydrogen) atoms. The van der Waals surface area contributed by atoms with Crippen LogP contribution in [-0.2, 0) is 0 Å². The topological polar surface area (TPSA) is 20.2 Å². The van der Waals surface area contributed by atoms with Crippen LogP contribution in [0.1, 0.15) is 19.8 Å². The molecule has 0 saturated carbocycles. The van der Waals surface area contributed by atoms with Gasteiger partial charge in [0.2, 0.25) is 0 Å². The van der Waals surface area contributed by atoms with Crippen molar-refractivity contribution in [1.29, 1.82) is 0 Å². The summed E-state index contributed by atoms with van der Waals surface area (Å²) in [5.74, 6) is 0. The fraction of sp³-hybridized carbons (Fsp3) is 1.00. The third-order valence-corrected chi connectivity index (χ3v) is 1.28. The highest BCUT2D eigenvalue weighted by Crippen LogP contribution is 1.87. The normalized spacial score (nSPS) is 15.0. The molecule has 0 aromatic carbocycles. The molecule has 2 heteroatoms. The first kappa shape index (κ1) is 6.18. The standard InChI is InChI=1S/C4H12OSi/c1-2-3-4(5)6/h4-5H,2-3H2,1,6H3. The van der Waals surface area contributed by atoms with Crippen LogP contribution in [0.25, 0.3) is 0 Å². The van der Waals surface area contributed by atoms with E-state index < -0.39 is 0 Å². The monoisotopic (exact) mass is 104 g/mol. The minimum atomic E-state index is 0.0370. The Hall–Kier alpha value is 0.177. The summed E-state index contributed by atoms with van der Waals surface area (Å²) in [6.07, 6.45) is 2.11. The molecule has 0 aromatic rings. The minimum Gasteiger partial charge on any atom is -0.398 e. The highest BCUT2D eigenvalue weighted by Gasteiger charge is 1.87. The van der Waals surface area contributed by atoms with E-state index in [4.69, 9.17) is 5.11 Å². The first-order chi connectivity index (χ1) is 2.77. The summed E-state index contributed by atoms with van der Waals surface area (Å²) in [4.78, 5) is 0. The average Bonchev–Trinajstić information content (AvgIpc) is 1.35. The zero-order chi connectivity index (χ0) is 4.99. The van der Waals surface area contributed by atoms with Crippen LogP contribution in [0.4, 0.5) is 0 Å². The molecule has 0 fully saturated rings. The Balaban J connectivity index is 2.63. The zero-order valence-electron chi connectivity index (χ0n) is 4.44. The van der Waals surface area contributed by atoms with Crippen molar-refractivity contribution in [2.75, 3.05) is 0 Å². The van der Waals surface area contributed by atoms with Crippen molar-refractivity contribution in [3.63, 3.8) is 0 Å². The first-order valence-electron chi connectivity index (χ1n) is 2.45. The fourth-order valence-electron chi connectivity index (χ4n) is 0.418. The second kappa shape index (κ2) is 3.37. The molecule has 0 aliphatic carbocycles. The lowest BCUT2D eigenvalue weighted by Gasteiger charge is -1.95. The number of aliphatic hydroxyl groups excluding tert-OH is 1. The molecule has 0 aromatic heterocycles. The van der Waals surface area contributed by atoms with Gasteiger partial charge in [-0.15, -0.1) is 0 Å². The maximum atomic E-state index is 8.61. The van der Waals surface area contributed by atoms with Crippen molar-refractivity contribution in [3.05, 3.63) is 0 Å². The Labute approximate surface area is 41.8 Å². The van der Waals surface area contributed by atoms with Crippen LogP contribution in [0.3, 0.4) is 0 Å². The number of aliphatic hydroxyl groups is 1. The van der Waals surface area contributed by atoms with E-state index in [2.05, 4.69) is 6.92 Å². The molecule has 1 N–H and O–H groups in total. The highest BCUT2D eigenvalue weighted by atomic mass is 28.1. The molecule has 38 valence electrons. The molecule has 0 rings (SSSR count). The van der Waals surface area contributed by atoms with Gasteiger partial charge in [-0.1, -0.05) is 13.3 Å². The molecular formula is C4H12OSi. The second-order valence-electron chi connectivity index (χ2n) is 1.64. The van der Waals surface area contributed by atoms with Gasteiger partial charge in [-0.25, -0.2) is 0 Å². The smallest absolute Gasteiger partial charge is 0.0389 e. The van der Waals surface area contributed by atoms with Gasteiger partial charge >= 0.3 is 0 Å². The number of hydrogen-bond donors (Lipinski definition) is 1. The van der Waals surface area contributed by atoms with Gasteiger partial charge in [0.15, 0.2) is 0 Å². The lowest BCUT2D eigenvalue weighted by atomic mass is 10.4. The van der Waals surface area contributed by atoms with E-state index in [0.717, 1.165) is 23.1 Å². The Morgan fingerprint density at radius 2 is 2.33 bits per heavy atom. The van der Waals surface area contributed by atoms with Crippen molar-refractivity contribution in [2.24, 2.45) is 0 Å². The molecule has 0 heterocycles. The molecule has 0 bridgehead atoms. The number of rotatable bonds is 2. The molecule has 1 atom stereocenters. The quantitative estimate of drug-likeness (QED) is 0.467. The third-order valence-electron chi connectivity index (χ3n) is 0.706. The fourth-order valence-corrected chi connectivity index (χ4v) is 0.995. The van der Waals surface area contributed by atoms with Crippen molar-refractivity contribution >= 4 is 10.2 Å². The highest BCUT2D eigenvalue weighted by molar-refractivity contribution is 6.10. The van der Waals surface area contributed by atoms with Gasteiger partial charge in [-0.05, 0) is 6.42 Å². The van der Waals surface area contributed by atoms with Crippen LogP contribution in [0.5, 0.6) is 0 Å². The largest absolute Gasteiger partial charge is 0.398 e. The van der Waals surface area contributed by atoms with Crippen molar-refractivity contribution < 1.29 is 5.11 Å². The SMILES string of the molecule is CCCC(O)[SiH3]. The summed E-state index contributed by atoms with van der Waals surface area (Å²) in [5, 5.41) is 8.61. The molecule has 1 nitrogen and oxygen atoms in total. The predicted molar refractivity (Wildman–Crippen MR) is 30.9 cm³/mol. The molecular weight excluding hydrogens is 92.1 g/mol. The van der Waals surface area contributed by atoms with Gasteiger partial charge in [0.25, 0.3) is 0 Å². The van der Waals surface area contributed by atoms with Crippen LogP contribution in [0.15, 0.2) is 0 Å². The molecule has 1 unspecified atom stereocenters. The second-order valence-corrected chi connectivity index (χ2v) is 2.97. The van der Waals surface area contributed by atoms with E-state index in [1.165, 1.54) is 0 Å². The number of hydrogen-bond acceptors (Lipinski definition) is 1. The van der Waals surface area contributed by atoms with Crippen LogP contribution >= 0.6 is 0 Å². The van der Waals surface area contributed by atoms with Crippen molar-refractivity contribution in [3.8, 4) is 0 Å². The van der Waals surface area contributed by atoms with Gasteiger partial charge < -0.3 is 5.11 Å². The van der Waals surface area contributed by atoms with E-state index >= 15 is 0 Å². The average molecular weight is 104 g/mol. The lowest BCUT2D eigenvalue weighted by Crippen LogP contribution is -2.02. The van der Waals surface area contributed by atoms with Gasteiger partial charge in [0, 0.05) is 16.0 Å².